The topological polar surface area (TPSA) is 79.5 Å². The highest BCUT2D eigenvalue weighted by Crippen LogP contribution is 2.29. The number of Topliss-reactive ketones (excluding diaryl/α,β-unsaturated/α-hetero) is 1. The lowest BCUT2D eigenvalue weighted by Gasteiger charge is -2.03. The molecule has 1 unspecified atom stereocenters. The lowest BCUT2D eigenvalue weighted by Crippen LogP contribution is -2.13. The zero-order valence-corrected chi connectivity index (χ0v) is 14.0. The molecule has 2 aromatic heterocycles. The van der Waals surface area contributed by atoms with Crippen LogP contribution in [0.4, 0.5) is 0 Å². The fraction of sp³-hybridized carbons (Fsp3) is 0.364. The second-order valence-electron chi connectivity index (χ2n) is 3.68. The van der Waals surface area contributed by atoms with Crippen molar-refractivity contribution in [1.82, 2.24) is 15.2 Å². The van der Waals surface area contributed by atoms with Crippen LogP contribution >= 0.6 is 46.2 Å². The van der Waals surface area contributed by atoms with Gasteiger partial charge in [0.05, 0.1) is 11.8 Å². The number of carbonyl (C=O) groups excluding carboxylic acids is 1. The zero-order valence-electron chi connectivity index (χ0n) is 10.7. The Bertz CT molecular complexity index is 645. The first-order chi connectivity index (χ1) is 9.63. The highest BCUT2D eigenvalue weighted by Gasteiger charge is 2.23. The van der Waals surface area contributed by atoms with Crippen molar-refractivity contribution in [3.63, 3.8) is 0 Å². The number of carbonyl (C=O) groups is 1. The summed E-state index contributed by atoms with van der Waals surface area (Å²) < 4.78 is 1.61. The van der Waals surface area contributed by atoms with E-state index in [0.717, 1.165) is 14.4 Å². The third-order valence-electron chi connectivity index (χ3n) is 2.24. The molecule has 0 N–H and O–H groups in total. The Hall–Kier alpha value is -0.950. The number of hydrogen-bond acceptors (Lipinski definition) is 9. The van der Waals surface area contributed by atoms with Crippen molar-refractivity contribution in [3.8, 4) is 6.07 Å². The lowest BCUT2D eigenvalue weighted by molar-refractivity contribution is -0.116. The quantitative estimate of drug-likeness (QED) is 0.747. The highest BCUT2D eigenvalue weighted by atomic mass is 32.2. The Morgan fingerprint density at radius 2 is 2.25 bits per heavy atom. The van der Waals surface area contributed by atoms with Gasteiger partial charge in [0.1, 0.15) is 5.01 Å². The molecular formula is C11H10N4OS4. The molecular weight excluding hydrogens is 332 g/mol. The van der Waals surface area contributed by atoms with E-state index in [1.165, 1.54) is 46.2 Å². The van der Waals surface area contributed by atoms with Crippen LogP contribution in [0.15, 0.2) is 14.1 Å². The Kier molecular flexibility index (Phi) is 5.54. The molecule has 2 rings (SSSR count). The second-order valence-corrected chi connectivity index (χ2v) is 7.83. The van der Waals surface area contributed by atoms with Crippen LogP contribution in [0.1, 0.15) is 16.6 Å². The number of thioether (sulfide) groups is 2. The Morgan fingerprint density at radius 3 is 2.80 bits per heavy atom. The van der Waals surface area contributed by atoms with E-state index in [4.69, 9.17) is 5.26 Å². The minimum absolute atomic E-state index is 0.146. The molecule has 20 heavy (non-hydrogen) atoms. The van der Waals surface area contributed by atoms with Gasteiger partial charge in [-0.1, -0.05) is 34.9 Å². The molecule has 0 radical (unpaired) electrons. The van der Waals surface area contributed by atoms with E-state index in [1.807, 2.05) is 24.6 Å². The van der Waals surface area contributed by atoms with Crippen LogP contribution in [0, 0.1) is 18.3 Å². The predicted molar refractivity (Wildman–Crippen MR) is 82.6 cm³/mol. The van der Waals surface area contributed by atoms with Gasteiger partial charge in [0.25, 0.3) is 0 Å². The third kappa shape index (κ3) is 3.79. The molecule has 2 heterocycles. The van der Waals surface area contributed by atoms with Crippen molar-refractivity contribution >= 4 is 52.0 Å². The lowest BCUT2D eigenvalue weighted by atomic mass is 10.1. The normalized spacial score (nSPS) is 12.1. The Morgan fingerprint density at radius 1 is 1.50 bits per heavy atom. The molecule has 0 saturated heterocycles. The summed E-state index contributed by atoms with van der Waals surface area (Å²) in [4.78, 5) is 16.3. The van der Waals surface area contributed by atoms with E-state index in [0.29, 0.717) is 5.01 Å². The van der Waals surface area contributed by atoms with Crippen LogP contribution in [-0.2, 0) is 4.79 Å². The van der Waals surface area contributed by atoms with Crippen LogP contribution in [0.25, 0.3) is 0 Å². The number of rotatable bonds is 6. The maximum absolute atomic E-state index is 12.1. The van der Waals surface area contributed by atoms with Gasteiger partial charge in [-0.15, -0.1) is 21.5 Å². The van der Waals surface area contributed by atoms with Gasteiger partial charge in [-0.3, -0.25) is 4.79 Å². The molecule has 0 spiro atoms. The largest absolute Gasteiger partial charge is 0.297 e. The second kappa shape index (κ2) is 7.17. The van der Waals surface area contributed by atoms with E-state index in [1.54, 1.807) is 0 Å². The summed E-state index contributed by atoms with van der Waals surface area (Å²) in [6.07, 6.45) is 1.93. The number of ketones is 1. The molecule has 0 fully saturated rings. The van der Waals surface area contributed by atoms with E-state index >= 15 is 0 Å². The summed E-state index contributed by atoms with van der Waals surface area (Å²) in [5.74, 6) is -0.721. The number of hydrogen-bond donors (Lipinski definition) is 0. The average Bonchev–Trinajstić information content (AvgIpc) is 3.06. The van der Waals surface area contributed by atoms with E-state index in [2.05, 4.69) is 15.2 Å². The van der Waals surface area contributed by atoms with Crippen molar-refractivity contribution in [2.45, 2.75) is 21.5 Å². The Balaban J connectivity index is 1.98. The highest BCUT2D eigenvalue weighted by molar-refractivity contribution is 8.03. The monoisotopic (exact) mass is 342 g/mol. The molecule has 1 atom stereocenters. The van der Waals surface area contributed by atoms with Gasteiger partial charge in [-0.2, -0.15) is 5.26 Å². The minimum atomic E-state index is -0.783. The number of nitrogens with zero attached hydrogens (tertiary/aromatic N) is 4. The van der Waals surface area contributed by atoms with Crippen molar-refractivity contribution in [3.05, 3.63) is 16.1 Å². The van der Waals surface area contributed by atoms with Crippen molar-refractivity contribution < 1.29 is 4.79 Å². The van der Waals surface area contributed by atoms with Gasteiger partial charge in [-0.25, -0.2) is 4.98 Å². The number of aromatic nitrogens is 3. The molecule has 104 valence electrons. The van der Waals surface area contributed by atoms with Gasteiger partial charge >= 0.3 is 0 Å². The standard InChI is InChI=1S/C11H10N4OS4/c1-6-4-18-9(13-6)7(3-12)8(16)5-19-11-15-14-10(17-2)20-11/h4,7H,5H2,1-2H3. The van der Waals surface area contributed by atoms with Gasteiger partial charge in [0.15, 0.2) is 20.4 Å². The van der Waals surface area contributed by atoms with E-state index in [9.17, 15) is 4.79 Å². The van der Waals surface area contributed by atoms with Gasteiger partial charge in [-0.05, 0) is 13.2 Å². The first-order valence-electron chi connectivity index (χ1n) is 5.48. The molecule has 0 saturated carbocycles. The average molecular weight is 342 g/mol. The first-order valence-corrected chi connectivity index (χ1v) is 9.39. The summed E-state index contributed by atoms with van der Waals surface area (Å²) in [7, 11) is 0. The van der Waals surface area contributed by atoms with Crippen molar-refractivity contribution in [1.29, 1.82) is 5.26 Å². The summed E-state index contributed by atoms with van der Waals surface area (Å²) in [6.45, 7) is 1.85. The summed E-state index contributed by atoms with van der Waals surface area (Å²) in [5.41, 5.74) is 0.833. The molecule has 0 bridgehead atoms. The van der Waals surface area contributed by atoms with E-state index in [-0.39, 0.29) is 11.5 Å². The Labute approximate surface area is 132 Å². The number of nitriles is 1. The summed E-state index contributed by atoms with van der Waals surface area (Å²) in [5, 5.41) is 19.5. The van der Waals surface area contributed by atoms with Crippen LogP contribution in [0.2, 0.25) is 0 Å². The molecule has 0 aliphatic carbocycles. The van der Waals surface area contributed by atoms with Crippen molar-refractivity contribution in [2.24, 2.45) is 0 Å². The van der Waals surface area contributed by atoms with Crippen LogP contribution in [0.5, 0.6) is 0 Å². The van der Waals surface area contributed by atoms with Gasteiger partial charge in [0, 0.05) is 11.1 Å². The predicted octanol–water partition coefficient (Wildman–Crippen LogP) is 2.99. The third-order valence-corrected chi connectivity index (χ3v) is 6.32. The molecule has 0 aromatic carbocycles. The first kappa shape index (κ1) is 15.4. The van der Waals surface area contributed by atoms with Gasteiger partial charge in [0.2, 0.25) is 0 Å². The fourth-order valence-corrected chi connectivity index (χ4v) is 4.53. The SMILES string of the molecule is CSc1nnc(SCC(=O)C(C#N)c2nc(C)cs2)s1. The smallest absolute Gasteiger partial charge is 0.175 e. The maximum atomic E-state index is 12.1. The maximum Gasteiger partial charge on any atom is 0.175 e. The molecule has 9 heteroatoms. The summed E-state index contributed by atoms with van der Waals surface area (Å²) >= 11 is 5.64. The number of thiazole rings is 1. The fourth-order valence-electron chi connectivity index (χ4n) is 1.32. The number of aryl methyl sites for hydroxylation is 1. The van der Waals surface area contributed by atoms with Crippen molar-refractivity contribution in [2.75, 3.05) is 12.0 Å². The van der Waals surface area contributed by atoms with Crippen LogP contribution < -0.4 is 0 Å². The van der Waals surface area contributed by atoms with Crippen LogP contribution in [0.3, 0.4) is 0 Å². The molecule has 0 aliphatic rings. The van der Waals surface area contributed by atoms with Gasteiger partial charge < -0.3 is 0 Å². The molecule has 0 aliphatic heterocycles. The molecule has 0 amide bonds. The molecule has 2 aromatic rings. The minimum Gasteiger partial charge on any atom is -0.297 e. The van der Waals surface area contributed by atoms with E-state index < -0.39 is 5.92 Å². The summed E-state index contributed by atoms with van der Waals surface area (Å²) in [6, 6.07) is 2.03. The zero-order chi connectivity index (χ0) is 14.5. The van der Waals surface area contributed by atoms with Crippen LogP contribution in [-0.4, -0.2) is 33.0 Å². The molecule has 5 nitrogen and oxygen atoms in total.